The lowest BCUT2D eigenvalue weighted by Gasteiger charge is -2.09. The first-order chi connectivity index (χ1) is 14.9. The van der Waals surface area contributed by atoms with Crippen LogP contribution in [0, 0.1) is 0 Å². The van der Waals surface area contributed by atoms with Crippen molar-refractivity contribution in [1.29, 1.82) is 0 Å². The molecular weight excluding hydrogens is 364 g/mol. The molecule has 2 nitrogen and oxygen atoms in total. The minimum atomic E-state index is 1.17. The molecule has 0 spiro atoms. The summed E-state index contributed by atoms with van der Waals surface area (Å²) in [7, 11) is 0. The Balaban J connectivity index is 1.76. The predicted octanol–water partition coefficient (Wildman–Crippen LogP) is 7.57. The summed E-state index contributed by atoms with van der Waals surface area (Å²) < 4.78 is 2.41. The van der Waals surface area contributed by atoms with Gasteiger partial charge in [0.05, 0.1) is 11.0 Å². The van der Waals surface area contributed by atoms with Gasteiger partial charge in [-0.15, -0.1) is 0 Å². The van der Waals surface area contributed by atoms with E-state index in [1.165, 1.54) is 60.1 Å². The lowest BCUT2D eigenvalue weighted by molar-refractivity contribution is 1.19. The maximum Gasteiger partial charge on any atom is 0.0619 e. The Morgan fingerprint density at radius 1 is 0.500 bits per heavy atom. The van der Waals surface area contributed by atoms with Crippen molar-refractivity contribution < 1.29 is 0 Å². The molecule has 0 aliphatic carbocycles. The third-order valence-electron chi connectivity index (χ3n) is 6.29. The largest absolute Gasteiger partial charge is 0.354 e. The average molecular weight is 382 g/mol. The van der Waals surface area contributed by atoms with E-state index in [-0.39, 0.29) is 0 Å². The van der Waals surface area contributed by atoms with Crippen molar-refractivity contribution in [1.82, 2.24) is 9.55 Å². The van der Waals surface area contributed by atoms with Crippen LogP contribution < -0.4 is 0 Å². The van der Waals surface area contributed by atoms with Gasteiger partial charge in [-0.2, -0.15) is 0 Å². The summed E-state index contributed by atoms with van der Waals surface area (Å²) in [6.45, 7) is 0. The summed E-state index contributed by atoms with van der Waals surface area (Å²) in [6.07, 6.45) is 0. The van der Waals surface area contributed by atoms with Crippen LogP contribution in [0.2, 0.25) is 0 Å². The van der Waals surface area contributed by atoms with Gasteiger partial charge in [-0.1, -0.05) is 72.8 Å². The molecule has 0 saturated carbocycles. The van der Waals surface area contributed by atoms with E-state index in [9.17, 15) is 0 Å². The molecule has 7 rings (SSSR count). The van der Waals surface area contributed by atoms with E-state index in [4.69, 9.17) is 0 Å². The number of nitrogens with zero attached hydrogens (tertiary/aromatic N) is 1. The maximum absolute atomic E-state index is 3.62. The van der Waals surface area contributed by atoms with Crippen LogP contribution >= 0.6 is 0 Å². The molecule has 1 N–H and O–H groups in total. The van der Waals surface area contributed by atoms with E-state index in [1.807, 2.05) is 0 Å². The average Bonchev–Trinajstić information content (AvgIpc) is 3.33. The van der Waals surface area contributed by atoms with Crippen LogP contribution in [0.3, 0.4) is 0 Å². The van der Waals surface area contributed by atoms with Gasteiger partial charge in [-0.05, 0) is 35.7 Å². The molecule has 0 fully saturated rings. The highest BCUT2D eigenvalue weighted by Crippen LogP contribution is 2.39. The van der Waals surface area contributed by atoms with Gasteiger partial charge in [0.1, 0.15) is 0 Å². The van der Waals surface area contributed by atoms with Gasteiger partial charge in [0.25, 0.3) is 0 Å². The molecule has 30 heavy (non-hydrogen) atoms. The van der Waals surface area contributed by atoms with Crippen LogP contribution in [0.5, 0.6) is 0 Å². The summed E-state index contributed by atoms with van der Waals surface area (Å²) >= 11 is 0. The molecule has 2 heteroatoms. The van der Waals surface area contributed by atoms with E-state index in [1.54, 1.807) is 0 Å². The highest BCUT2D eigenvalue weighted by Gasteiger charge is 2.17. The van der Waals surface area contributed by atoms with Crippen molar-refractivity contribution in [3.05, 3.63) is 103 Å². The molecule has 7 aromatic rings. The second kappa shape index (κ2) is 5.74. The zero-order chi connectivity index (χ0) is 19.7. The zero-order valence-electron chi connectivity index (χ0n) is 16.3. The summed E-state index contributed by atoms with van der Waals surface area (Å²) in [6, 6.07) is 37.1. The Labute approximate surface area is 173 Å². The van der Waals surface area contributed by atoms with Crippen LogP contribution in [0.25, 0.3) is 60.1 Å². The smallest absolute Gasteiger partial charge is 0.0619 e. The third-order valence-corrected chi connectivity index (χ3v) is 6.29. The fourth-order valence-corrected chi connectivity index (χ4v) is 4.97. The molecule has 0 atom stereocenters. The van der Waals surface area contributed by atoms with Crippen molar-refractivity contribution in [2.24, 2.45) is 0 Å². The Kier molecular flexibility index (Phi) is 3.03. The topological polar surface area (TPSA) is 20.7 Å². The van der Waals surface area contributed by atoms with Gasteiger partial charge in [0, 0.05) is 43.7 Å². The number of hydrogen-bond donors (Lipinski definition) is 1. The molecule has 5 aromatic carbocycles. The fraction of sp³-hybridized carbons (Fsp3) is 0. The highest BCUT2D eigenvalue weighted by atomic mass is 15.0. The molecular formula is C28H18N2. The predicted molar refractivity (Wildman–Crippen MR) is 128 cm³/mol. The van der Waals surface area contributed by atoms with Crippen molar-refractivity contribution >= 4 is 54.4 Å². The normalized spacial score (nSPS) is 12.0. The SMILES string of the molecule is c1ccc(-n2c3cc4[nH]c5ccccc5c4cc3c3ccc4ccccc4c32)cc1. The van der Waals surface area contributed by atoms with Crippen LogP contribution in [-0.2, 0) is 0 Å². The lowest BCUT2D eigenvalue weighted by Crippen LogP contribution is -1.93. The minimum Gasteiger partial charge on any atom is -0.354 e. The van der Waals surface area contributed by atoms with Crippen molar-refractivity contribution in [2.75, 3.05) is 0 Å². The molecule has 0 amide bonds. The molecule has 0 unspecified atom stereocenters. The molecule has 2 aromatic heterocycles. The van der Waals surface area contributed by atoms with Crippen molar-refractivity contribution in [3.8, 4) is 5.69 Å². The zero-order valence-corrected chi connectivity index (χ0v) is 16.3. The van der Waals surface area contributed by atoms with Crippen LogP contribution in [0.4, 0.5) is 0 Å². The molecule has 2 heterocycles. The maximum atomic E-state index is 3.62. The van der Waals surface area contributed by atoms with Gasteiger partial charge in [-0.3, -0.25) is 0 Å². The molecule has 0 aliphatic rings. The van der Waals surface area contributed by atoms with Crippen molar-refractivity contribution in [3.63, 3.8) is 0 Å². The molecule has 0 aliphatic heterocycles. The fourth-order valence-electron chi connectivity index (χ4n) is 4.97. The number of H-pyrrole nitrogens is 1. The second-order valence-corrected chi connectivity index (χ2v) is 7.94. The van der Waals surface area contributed by atoms with Gasteiger partial charge >= 0.3 is 0 Å². The quantitative estimate of drug-likeness (QED) is 0.302. The van der Waals surface area contributed by atoms with Crippen LogP contribution in [0.1, 0.15) is 0 Å². The first-order valence-electron chi connectivity index (χ1n) is 10.3. The Bertz CT molecular complexity index is 1730. The first-order valence-corrected chi connectivity index (χ1v) is 10.3. The number of nitrogens with one attached hydrogen (secondary N) is 1. The highest BCUT2D eigenvalue weighted by molar-refractivity contribution is 6.22. The monoisotopic (exact) mass is 382 g/mol. The first kappa shape index (κ1) is 15.8. The minimum absolute atomic E-state index is 1.17. The number of benzene rings is 5. The molecule has 0 saturated heterocycles. The number of rotatable bonds is 1. The summed E-state index contributed by atoms with van der Waals surface area (Å²) in [5.41, 5.74) is 6.04. The van der Waals surface area contributed by atoms with Gasteiger partial charge in [0.15, 0.2) is 0 Å². The van der Waals surface area contributed by atoms with E-state index >= 15 is 0 Å². The van der Waals surface area contributed by atoms with Crippen LogP contribution in [0.15, 0.2) is 103 Å². The summed E-state index contributed by atoms with van der Waals surface area (Å²) in [5, 5.41) is 7.68. The molecule has 0 bridgehead atoms. The molecule has 0 radical (unpaired) electrons. The van der Waals surface area contributed by atoms with Crippen LogP contribution in [-0.4, -0.2) is 9.55 Å². The van der Waals surface area contributed by atoms with E-state index < -0.39 is 0 Å². The van der Waals surface area contributed by atoms with Gasteiger partial charge in [-0.25, -0.2) is 0 Å². The standard InChI is InChI=1S/C28H18N2/c1-2-9-19(10-3-1)30-27-17-26-23(21-12-6-7-13-25(21)29-26)16-24(27)22-15-14-18-8-4-5-11-20(18)28(22)30/h1-17,29H. The number of aromatic nitrogens is 2. The third kappa shape index (κ3) is 2.03. The van der Waals surface area contributed by atoms with Gasteiger partial charge in [0.2, 0.25) is 0 Å². The summed E-state index contributed by atoms with van der Waals surface area (Å²) in [5.74, 6) is 0. The van der Waals surface area contributed by atoms with Crippen molar-refractivity contribution in [2.45, 2.75) is 0 Å². The molecule has 140 valence electrons. The number of hydrogen-bond acceptors (Lipinski definition) is 0. The van der Waals surface area contributed by atoms with E-state index in [2.05, 4.69) is 113 Å². The number of aromatic amines is 1. The number of para-hydroxylation sites is 2. The van der Waals surface area contributed by atoms with E-state index in [0.29, 0.717) is 0 Å². The lowest BCUT2D eigenvalue weighted by atomic mass is 10.0. The Hall–Kier alpha value is -4.04. The van der Waals surface area contributed by atoms with E-state index in [0.717, 1.165) is 0 Å². The Morgan fingerprint density at radius 2 is 1.27 bits per heavy atom. The second-order valence-electron chi connectivity index (χ2n) is 7.94. The number of fused-ring (bicyclic) bond motifs is 8. The Morgan fingerprint density at radius 3 is 2.17 bits per heavy atom. The van der Waals surface area contributed by atoms with Gasteiger partial charge < -0.3 is 9.55 Å². The summed E-state index contributed by atoms with van der Waals surface area (Å²) in [4.78, 5) is 3.62.